The fraction of sp³-hybridized carbons (Fsp3) is 0.500. The molecule has 0 amide bonds. The third-order valence-corrected chi connectivity index (χ3v) is 7.41. The lowest BCUT2D eigenvalue weighted by atomic mass is 10.2. The minimum absolute atomic E-state index is 0.300. The van der Waals surface area contributed by atoms with Crippen molar-refractivity contribution in [2.45, 2.75) is 30.7 Å². The Morgan fingerprint density at radius 1 is 0.857 bits per heavy atom. The normalized spacial score (nSPS) is 19.6. The third-order valence-electron chi connectivity index (χ3n) is 5.53. The second-order valence-electron chi connectivity index (χ2n) is 7.44. The van der Waals surface area contributed by atoms with Gasteiger partial charge in [-0.25, -0.2) is 13.4 Å². The summed E-state index contributed by atoms with van der Waals surface area (Å²) in [5.41, 5.74) is 1.27. The van der Waals surface area contributed by atoms with Gasteiger partial charge in [0.2, 0.25) is 10.0 Å². The molecule has 0 aromatic carbocycles. The van der Waals surface area contributed by atoms with E-state index in [1.165, 1.54) is 11.8 Å². The zero-order chi connectivity index (χ0) is 19.4. The van der Waals surface area contributed by atoms with Crippen LogP contribution in [0.5, 0.6) is 0 Å². The zero-order valence-corrected chi connectivity index (χ0v) is 16.9. The summed E-state index contributed by atoms with van der Waals surface area (Å²) in [5.74, 6) is 0.848. The molecule has 150 valence electrons. The molecule has 0 bridgehead atoms. The minimum atomic E-state index is -3.41. The van der Waals surface area contributed by atoms with Crippen LogP contribution in [0, 0.1) is 0 Å². The Kier molecular flexibility index (Phi) is 5.89. The number of piperidine rings is 1. The fourth-order valence-corrected chi connectivity index (χ4v) is 5.31. The maximum absolute atomic E-state index is 12.8. The van der Waals surface area contributed by atoms with Crippen molar-refractivity contribution < 1.29 is 8.42 Å². The highest BCUT2D eigenvalue weighted by Gasteiger charge is 2.26. The lowest BCUT2D eigenvalue weighted by molar-refractivity contribution is 0.249. The molecule has 0 atom stereocenters. The van der Waals surface area contributed by atoms with Crippen molar-refractivity contribution in [3.63, 3.8) is 0 Å². The number of rotatable bonds is 5. The smallest absolute Gasteiger partial charge is 0.244 e. The van der Waals surface area contributed by atoms with Crippen molar-refractivity contribution >= 4 is 15.8 Å². The molecule has 2 aromatic rings. The van der Waals surface area contributed by atoms with Gasteiger partial charge in [-0.3, -0.25) is 9.88 Å². The first-order valence-corrected chi connectivity index (χ1v) is 11.4. The molecule has 0 unspecified atom stereocenters. The fourth-order valence-electron chi connectivity index (χ4n) is 3.85. The van der Waals surface area contributed by atoms with Crippen molar-refractivity contribution in [2.75, 3.05) is 44.2 Å². The highest BCUT2D eigenvalue weighted by atomic mass is 32.2. The first-order valence-electron chi connectivity index (χ1n) is 9.95. The van der Waals surface area contributed by atoms with Gasteiger partial charge in [0.25, 0.3) is 0 Å². The van der Waals surface area contributed by atoms with E-state index in [0.29, 0.717) is 18.0 Å². The molecule has 7 nitrogen and oxygen atoms in total. The van der Waals surface area contributed by atoms with E-state index >= 15 is 0 Å². The maximum atomic E-state index is 12.8. The topological polar surface area (TPSA) is 69.6 Å². The zero-order valence-electron chi connectivity index (χ0n) is 16.1. The van der Waals surface area contributed by atoms with Gasteiger partial charge in [-0.1, -0.05) is 6.42 Å². The molecule has 2 aromatic heterocycles. The van der Waals surface area contributed by atoms with Gasteiger partial charge < -0.3 is 4.90 Å². The summed E-state index contributed by atoms with van der Waals surface area (Å²) in [5, 5.41) is 0. The van der Waals surface area contributed by atoms with Crippen LogP contribution in [0.15, 0.2) is 47.8 Å². The van der Waals surface area contributed by atoms with Gasteiger partial charge in [-0.05, 0) is 42.7 Å². The number of anilines is 1. The Balaban J connectivity index is 1.36. The first kappa shape index (κ1) is 19.3. The summed E-state index contributed by atoms with van der Waals surface area (Å²) in [4.78, 5) is 13.5. The Hall–Kier alpha value is -2.03. The molecule has 0 spiro atoms. The average molecular weight is 402 g/mol. The average Bonchev–Trinajstić information content (AvgIpc) is 2.76. The van der Waals surface area contributed by atoms with Crippen LogP contribution in [-0.2, 0) is 16.6 Å². The molecule has 8 heteroatoms. The highest BCUT2D eigenvalue weighted by molar-refractivity contribution is 7.89. The predicted molar refractivity (Wildman–Crippen MR) is 109 cm³/mol. The quantitative estimate of drug-likeness (QED) is 0.763. The highest BCUT2D eigenvalue weighted by Crippen LogP contribution is 2.22. The molecule has 2 fully saturated rings. The Morgan fingerprint density at radius 3 is 2.21 bits per heavy atom. The van der Waals surface area contributed by atoms with Gasteiger partial charge in [-0.2, -0.15) is 4.31 Å². The van der Waals surface area contributed by atoms with Crippen LogP contribution in [0.4, 0.5) is 5.82 Å². The van der Waals surface area contributed by atoms with E-state index in [0.717, 1.165) is 57.8 Å². The van der Waals surface area contributed by atoms with E-state index in [4.69, 9.17) is 0 Å². The Labute approximate surface area is 167 Å². The van der Waals surface area contributed by atoms with Crippen LogP contribution < -0.4 is 4.90 Å². The molecule has 0 saturated carbocycles. The molecule has 2 aliphatic rings. The molecule has 4 rings (SSSR count). The standard InChI is InChI=1S/C20H27N5O2S/c26-28(27,25-10-2-1-3-11-25)19-4-5-20(22-16-19)24-14-12-23(13-15-24)17-18-6-8-21-9-7-18/h4-9,16H,1-3,10-15,17H2. The number of aromatic nitrogens is 2. The number of nitrogens with zero attached hydrogens (tertiary/aromatic N) is 5. The molecule has 0 radical (unpaired) electrons. The minimum Gasteiger partial charge on any atom is -0.354 e. The number of pyridine rings is 2. The molecule has 2 aliphatic heterocycles. The summed E-state index contributed by atoms with van der Waals surface area (Å²) < 4.78 is 27.1. The predicted octanol–water partition coefficient (Wildman–Crippen LogP) is 1.97. The monoisotopic (exact) mass is 401 g/mol. The third kappa shape index (κ3) is 4.34. The molecule has 2 saturated heterocycles. The van der Waals surface area contributed by atoms with Gasteiger partial charge in [-0.15, -0.1) is 0 Å². The molecular formula is C20H27N5O2S. The second kappa shape index (κ2) is 8.55. The van der Waals surface area contributed by atoms with Crippen LogP contribution in [0.25, 0.3) is 0 Å². The summed E-state index contributed by atoms with van der Waals surface area (Å²) in [7, 11) is -3.41. The van der Waals surface area contributed by atoms with Gasteiger partial charge >= 0.3 is 0 Å². The maximum Gasteiger partial charge on any atom is 0.244 e. The van der Waals surface area contributed by atoms with Crippen LogP contribution in [0.2, 0.25) is 0 Å². The summed E-state index contributed by atoms with van der Waals surface area (Å²) in [6.45, 7) is 5.84. The SMILES string of the molecule is O=S(=O)(c1ccc(N2CCN(Cc3ccncc3)CC2)nc1)N1CCCCC1. The van der Waals surface area contributed by atoms with E-state index in [1.54, 1.807) is 10.4 Å². The number of hydrogen-bond acceptors (Lipinski definition) is 6. The summed E-state index contributed by atoms with van der Waals surface area (Å²) >= 11 is 0. The van der Waals surface area contributed by atoms with Crippen molar-refractivity contribution in [1.29, 1.82) is 0 Å². The summed E-state index contributed by atoms with van der Waals surface area (Å²) in [6.07, 6.45) is 8.16. The van der Waals surface area contributed by atoms with E-state index in [9.17, 15) is 8.42 Å². The lowest BCUT2D eigenvalue weighted by Gasteiger charge is -2.35. The molecule has 0 aliphatic carbocycles. The van der Waals surface area contributed by atoms with Gasteiger partial charge in [0, 0.05) is 64.4 Å². The van der Waals surface area contributed by atoms with E-state index in [1.807, 2.05) is 18.5 Å². The molecule has 4 heterocycles. The first-order chi connectivity index (χ1) is 13.6. The van der Waals surface area contributed by atoms with Gasteiger partial charge in [0.05, 0.1) is 0 Å². The lowest BCUT2D eigenvalue weighted by Crippen LogP contribution is -2.46. The van der Waals surface area contributed by atoms with Crippen molar-refractivity contribution in [3.05, 3.63) is 48.4 Å². The molecule has 0 N–H and O–H groups in total. The van der Waals surface area contributed by atoms with Crippen molar-refractivity contribution in [2.24, 2.45) is 0 Å². The van der Waals surface area contributed by atoms with Crippen LogP contribution in [0.3, 0.4) is 0 Å². The van der Waals surface area contributed by atoms with Crippen LogP contribution in [-0.4, -0.2) is 66.9 Å². The van der Waals surface area contributed by atoms with Gasteiger partial charge in [0.1, 0.15) is 10.7 Å². The molecule has 28 heavy (non-hydrogen) atoms. The summed E-state index contributed by atoms with van der Waals surface area (Å²) in [6, 6.07) is 7.65. The Morgan fingerprint density at radius 2 is 1.57 bits per heavy atom. The largest absolute Gasteiger partial charge is 0.354 e. The van der Waals surface area contributed by atoms with E-state index in [-0.39, 0.29) is 0 Å². The van der Waals surface area contributed by atoms with Gasteiger partial charge in [0.15, 0.2) is 0 Å². The van der Waals surface area contributed by atoms with E-state index < -0.39 is 10.0 Å². The molecular weight excluding hydrogens is 374 g/mol. The number of piperazine rings is 1. The number of sulfonamides is 1. The van der Waals surface area contributed by atoms with E-state index in [2.05, 4.69) is 31.9 Å². The van der Waals surface area contributed by atoms with Crippen molar-refractivity contribution in [3.8, 4) is 0 Å². The second-order valence-corrected chi connectivity index (χ2v) is 9.37. The van der Waals surface area contributed by atoms with Crippen molar-refractivity contribution in [1.82, 2.24) is 19.2 Å². The van der Waals surface area contributed by atoms with Crippen LogP contribution in [0.1, 0.15) is 24.8 Å². The number of hydrogen-bond donors (Lipinski definition) is 0. The van der Waals surface area contributed by atoms with Crippen LogP contribution >= 0.6 is 0 Å². The Bertz CT molecular complexity index is 859.